The van der Waals surface area contributed by atoms with Crippen molar-refractivity contribution in [1.82, 2.24) is 15.2 Å². The molecule has 0 spiro atoms. The minimum absolute atomic E-state index is 0.0893. The third-order valence-corrected chi connectivity index (χ3v) is 4.08. The van der Waals surface area contributed by atoms with Gasteiger partial charge in [-0.1, -0.05) is 18.2 Å². The second kappa shape index (κ2) is 7.59. The highest BCUT2D eigenvalue weighted by atomic mass is 16.2. The molecule has 3 rings (SSSR count). The van der Waals surface area contributed by atoms with Crippen LogP contribution in [-0.4, -0.2) is 41.0 Å². The van der Waals surface area contributed by atoms with Crippen molar-refractivity contribution in [1.29, 1.82) is 0 Å². The molecule has 24 heavy (non-hydrogen) atoms. The Morgan fingerprint density at radius 2 is 1.67 bits per heavy atom. The second-order valence-corrected chi connectivity index (χ2v) is 5.77. The molecule has 0 bridgehead atoms. The van der Waals surface area contributed by atoms with Gasteiger partial charge in [-0.15, -0.1) is 0 Å². The lowest BCUT2D eigenvalue weighted by atomic mass is 10.0. The van der Waals surface area contributed by atoms with E-state index >= 15 is 0 Å². The summed E-state index contributed by atoms with van der Waals surface area (Å²) >= 11 is 0. The molecule has 0 unspecified atom stereocenters. The highest BCUT2D eigenvalue weighted by Crippen LogP contribution is 2.14. The van der Waals surface area contributed by atoms with E-state index in [-0.39, 0.29) is 18.0 Å². The molecule has 1 aliphatic heterocycles. The maximum atomic E-state index is 12.2. The van der Waals surface area contributed by atoms with Crippen molar-refractivity contribution in [3.05, 3.63) is 60.4 Å². The molecule has 2 aromatic rings. The molecule has 124 valence electrons. The topological polar surface area (TPSA) is 74.3 Å². The summed E-state index contributed by atoms with van der Waals surface area (Å²) in [5, 5.41) is 5.91. The molecule has 6 nitrogen and oxygen atoms in total. The van der Waals surface area contributed by atoms with E-state index in [9.17, 15) is 9.59 Å². The zero-order valence-electron chi connectivity index (χ0n) is 13.3. The fourth-order valence-electron chi connectivity index (χ4n) is 2.72. The lowest BCUT2D eigenvalue weighted by Crippen LogP contribution is -2.47. The van der Waals surface area contributed by atoms with Gasteiger partial charge >= 0.3 is 6.03 Å². The molecular weight excluding hydrogens is 304 g/mol. The maximum Gasteiger partial charge on any atom is 0.321 e. The Hall–Kier alpha value is -2.89. The Bertz CT molecular complexity index is 683. The summed E-state index contributed by atoms with van der Waals surface area (Å²) in [7, 11) is 0. The molecule has 1 aromatic carbocycles. The number of carbonyl (C=O) groups excluding carboxylic acids is 2. The van der Waals surface area contributed by atoms with E-state index in [2.05, 4.69) is 15.6 Å². The number of hydrogen-bond acceptors (Lipinski definition) is 3. The first-order chi connectivity index (χ1) is 11.7. The average molecular weight is 324 g/mol. The van der Waals surface area contributed by atoms with Crippen LogP contribution in [0.1, 0.15) is 23.2 Å². The van der Waals surface area contributed by atoms with Crippen LogP contribution in [0.3, 0.4) is 0 Å². The first-order valence-corrected chi connectivity index (χ1v) is 8.04. The van der Waals surface area contributed by atoms with Crippen LogP contribution in [0.5, 0.6) is 0 Å². The number of rotatable bonds is 3. The number of aromatic nitrogens is 1. The average Bonchev–Trinajstić information content (AvgIpc) is 2.64. The maximum absolute atomic E-state index is 12.2. The molecule has 3 amide bonds. The predicted molar refractivity (Wildman–Crippen MR) is 91.8 cm³/mol. The van der Waals surface area contributed by atoms with Crippen LogP contribution < -0.4 is 10.6 Å². The smallest absolute Gasteiger partial charge is 0.321 e. The number of likely N-dealkylation sites (tertiary alicyclic amines) is 1. The first kappa shape index (κ1) is 16.0. The number of para-hydroxylation sites is 1. The molecular formula is C18H20N4O2. The van der Waals surface area contributed by atoms with E-state index in [1.165, 1.54) is 0 Å². The summed E-state index contributed by atoms with van der Waals surface area (Å²) < 4.78 is 0. The van der Waals surface area contributed by atoms with Crippen LogP contribution in [0.25, 0.3) is 0 Å². The third-order valence-electron chi connectivity index (χ3n) is 4.08. The zero-order valence-corrected chi connectivity index (χ0v) is 13.3. The Labute approximate surface area is 140 Å². The van der Waals surface area contributed by atoms with Gasteiger partial charge in [-0.05, 0) is 37.1 Å². The molecule has 1 aliphatic rings. The molecule has 1 saturated heterocycles. The van der Waals surface area contributed by atoms with Crippen molar-refractivity contribution in [2.75, 3.05) is 18.4 Å². The SMILES string of the molecule is O=C(NC1CCN(C(=O)Nc2ccccc2)CC1)c1ccncc1. The molecule has 6 heteroatoms. The van der Waals surface area contributed by atoms with E-state index in [1.54, 1.807) is 29.4 Å². The Balaban J connectivity index is 1.47. The van der Waals surface area contributed by atoms with Gasteiger partial charge in [-0.3, -0.25) is 9.78 Å². The number of nitrogens with zero attached hydrogens (tertiary/aromatic N) is 2. The highest BCUT2D eigenvalue weighted by Gasteiger charge is 2.24. The number of nitrogens with one attached hydrogen (secondary N) is 2. The summed E-state index contributed by atoms with van der Waals surface area (Å²) in [6, 6.07) is 12.8. The summed E-state index contributed by atoms with van der Waals surface area (Å²) in [6.07, 6.45) is 4.70. The van der Waals surface area contributed by atoms with Gasteiger partial charge in [0.15, 0.2) is 0 Å². The standard InChI is InChI=1S/C18H20N4O2/c23-17(14-6-10-19-11-7-14)20-16-8-12-22(13-9-16)18(24)21-15-4-2-1-3-5-15/h1-7,10-11,16H,8-9,12-13H2,(H,20,23)(H,21,24). The van der Waals surface area contributed by atoms with Crippen LogP contribution in [0.2, 0.25) is 0 Å². The van der Waals surface area contributed by atoms with Gasteiger partial charge in [0.25, 0.3) is 5.91 Å². The van der Waals surface area contributed by atoms with E-state index in [0.29, 0.717) is 18.7 Å². The van der Waals surface area contributed by atoms with Crippen molar-refractivity contribution in [3.63, 3.8) is 0 Å². The summed E-state index contributed by atoms with van der Waals surface area (Å²) in [4.78, 5) is 30.1. The number of anilines is 1. The van der Waals surface area contributed by atoms with Crippen LogP contribution in [-0.2, 0) is 0 Å². The quantitative estimate of drug-likeness (QED) is 0.911. The summed E-state index contributed by atoms with van der Waals surface area (Å²) in [5.41, 5.74) is 1.39. The largest absolute Gasteiger partial charge is 0.349 e. The van der Waals surface area contributed by atoms with Crippen molar-refractivity contribution >= 4 is 17.6 Å². The minimum atomic E-state index is -0.0971. The van der Waals surface area contributed by atoms with Crippen molar-refractivity contribution in [2.45, 2.75) is 18.9 Å². The minimum Gasteiger partial charge on any atom is -0.349 e. The summed E-state index contributed by atoms with van der Waals surface area (Å²) in [6.45, 7) is 1.25. The molecule has 0 saturated carbocycles. The fraction of sp³-hybridized carbons (Fsp3) is 0.278. The molecule has 0 aliphatic carbocycles. The molecule has 2 N–H and O–H groups in total. The fourth-order valence-corrected chi connectivity index (χ4v) is 2.72. The van der Waals surface area contributed by atoms with E-state index in [4.69, 9.17) is 0 Å². The lowest BCUT2D eigenvalue weighted by molar-refractivity contribution is 0.0919. The second-order valence-electron chi connectivity index (χ2n) is 5.77. The van der Waals surface area contributed by atoms with Crippen LogP contribution >= 0.6 is 0 Å². The van der Waals surface area contributed by atoms with Crippen molar-refractivity contribution in [2.24, 2.45) is 0 Å². The predicted octanol–water partition coefficient (Wildman–Crippen LogP) is 2.51. The Morgan fingerprint density at radius 3 is 2.33 bits per heavy atom. The van der Waals surface area contributed by atoms with Crippen molar-refractivity contribution in [3.8, 4) is 0 Å². The van der Waals surface area contributed by atoms with Crippen molar-refractivity contribution < 1.29 is 9.59 Å². The number of piperidine rings is 1. The van der Waals surface area contributed by atoms with Gasteiger partial charge in [0.1, 0.15) is 0 Å². The molecule has 2 heterocycles. The number of carbonyl (C=O) groups is 2. The highest BCUT2D eigenvalue weighted by molar-refractivity contribution is 5.94. The third kappa shape index (κ3) is 4.10. The Morgan fingerprint density at radius 1 is 1.00 bits per heavy atom. The Kier molecular flexibility index (Phi) is 5.05. The number of urea groups is 1. The molecule has 0 radical (unpaired) electrons. The number of hydrogen-bond donors (Lipinski definition) is 2. The van der Waals surface area contributed by atoms with Gasteiger partial charge < -0.3 is 15.5 Å². The molecule has 1 aromatic heterocycles. The van der Waals surface area contributed by atoms with Gasteiger partial charge in [-0.25, -0.2) is 4.79 Å². The molecule has 0 atom stereocenters. The van der Waals surface area contributed by atoms with Gasteiger partial charge in [0, 0.05) is 42.8 Å². The van der Waals surface area contributed by atoms with E-state index < -0.39 is 0 Å². The van der Waals surface area contributed by atoms with Crippen LogP contribution in [0.15, 0.2) is 54.9 Å². The van der Waals surface area contributed by atoms with E-state index in [0.717, 1.165) is 18.5 Å². The number of pyridine rings is 1. The molecule has 1 fully saturated rings. The normalized spacial score (nSPS) is 14.9. The number of amides is 3. The van der Waals surface area contributed by atoms with Gasteiger partial charge in [-0.2, -0.15) is 0 Å². The monoisotopic (exact) mass is 324 g/mol. The first-order valence-electron chi connectivity index (χ1n) is 8.04. The summed E-state index contributed by atoms with van der Waals surface area (Å²) in [5.74, 6) is -0.0930. The van der Waals surface area contributed by atoms with Crippen LogP contribution in [0, 0.1) is 0 Å². The zero-order chi connectivity index (χ0) is 16.8. The van der Waals surface area contributed by atoms with Gasteiger partial charge in [0.05, 0.1) is 0 Å². The number of benzene rings is 1. The lowest BCUT2D eigenvalue weighted by Gasteiger charge is -2.32. The van der Waals surface area contributed by atoms with Crippen LogP contribution in [0.4, 0.5) is 10.5 Å². The van der Waals surface area contributed by atoms with E-state index in [1.807, 2.05) is 30.3 Å². The van der Waals surface area contributed by atoms with Gasteiger partial charge in [0.2, 0.25) is 0 Å².